The second-order valence-electron chi connectivity index (χ2n) is 3.29. The lowest BCUT2D eigenvalue weighted by molar-refractivity contribution is 0.640. The van der Waals surface area contributed by atoms with Crippen LogP contribution >= 0.6 is 0 Å². The van der Waals surface area contributed by atoms with Crippen LogP contribution in [-0.4, -0.2) is 14.8 Å². The van der Waals surface area contributed by atoms with Crippen LogP contribution in [0.2, 0.25) is 0 Å². The van der Waals surface area contributed by atoms with E-state index in [1.807, 2.05) is 10.6 Å². The molecule has 2 rings (SSSR count). The Kier molecular flexibility index (Phi) is 2.91. The van der Waals surface area contributed by atoms with Gasteiger partial charge in [0.05, 0.1) is 0 Å². The van der Waals surface area contributed by atoms with E-state index in [0.717, 1.165) is 19.4 Å². The van der Waals surface area contributed by atoms with E-state index >= 15 is 0 Å². The van der Waals surface area contributed by atoms with Crippen LogP contribution < -0.4 is 0 Å². The molecular formula is C11H13N3. The van der Waals surface area contributed by atoms with Gasteiger partial charge in [-0.05, 0) is 18.4 Å². The third kappa shape index (κ3) is 2.42. The minimum absolute atomic E-state index is 0.988. The fourth-order valence-corrected chi connectivity index (χ4v) is 1.45. The molecule has 0 unspecified atom stereocenters. The summed E-state index contributed by atoms with van der Waals surface area (Å²) in [6.45, 7) is 0.988. The molecule has 0 atom stereocenters. The summed E-state index contributed by atoms with van der Waals surface area (Å²) in [5.41, 5.74) is 1.39. The lowest BCUT2D eigenvalue weighted by Crippen LogP contribution is -1.96. The zero-order valence-corrected chi connectivity index (χ0v) is 8.00. The number of benzene rings is 1. The van der Waals surface area contributed by atoms with Gasteiger partial charge in [0, 0.05) is 6.54 Å². The highest BCUT2D eigenvalue weighted by atomic mass is 15.2. The summed E-state index contributed by atoms with van der Waals surface area (Å²) in [4.78, 5) is 0. The molecular weight excluding hydrogens is 174 g/mol. The van der Waals surface area contributed by atoms with Gasteiger partial charge < -0.3 is 4.57 Å². The monoisotopic (exact) mass is 187 g/mol. The Bertz CT molecular complexity index is 353. The van der Waals surface area contributed by atoms with Gasteiger partial charge >= 0.3 is 0 Å². The van der Waals surface area contributed by atoms with E-state index in [2.05, 4.69) is 34.5 Å². The van der Waals surface area contributed by atoms with Crippen LogP contribution in [0.5, 0.6) is 0 Å². The van der Waals surface area contributed by atoms with E-state index < -0.39 is 0 Å². The molecule has 0 saturated carbocycles. The Hall–Kier alpha value is -1.64. The number of aromatic nitrogens is 3. The van der Waals surface area contributed by atoms with Crippen molar-refractivity contribution in [2.75, 3.05) is 0 Å². The summed E-state index contributed by atoms with van der Waals surface area (Å²) in [7, 11) is 0. The zero-order valence-electron chi connectivity index (χ0n) is 8.00. The highest BCUT2D eigenvalue weighted by Crippen LogP contribution is 2.03. The highest BCUT2D eigenvalue weighted by Gasteiger charge is 1.93. The lowest BCUT2D eigenvalue weighted by Gasteiger charge is -2.01. The summed E-state index contributed by atoms with van der Waals surface area (Å²) in [5.74, 6) is 0. The van der Waals surface area contributed by atoms with Crippen LogP contribution in [0.15, 0.2) is 43.0 Å². The van der Waals surface area contributed by atoms with Gasteiger partial charge in [-0.2, -0.15) is 0 Å². The van der Waals surface area contributed by atoms with Crippen molar-refractivity contribution in [3.63, 3.8) is 0 Å². The van der Waals surface area contributed by atoms with E-state index in [-0.39, 0.29) is 0 Å². The Morgan fingerprint density at radius 1 is 1.00 bits per heavy atom. The van der Waals surface area contributed by atoms with Crippen LogP contribution in [0.3, 0.4) is 0 Å². The first kappa shape index (κ1) is 8.94. The minimum atomic E-state index is 0.988. The van der Waals surface area contributed by atoms with E-state index in [9.17, 15) is 0 Å². The Labute approximate surface area is 83.4 Å². The van der Waals surface area contributed by atoms with Crippen molar-refractivity contribution in [2.24, 2.45) is 0 Å². The average molecular weight is 187 g/mol. The van der Waals surface area contributed by atoms with Crippen molar-refractivity contribution < 1.29 is 0 Å². The predicted octanol–water partition coefficient (Wildman–Crippen LogP) is 1.91. The SMILES string of the molecule is c1ccc(CCCn2cnnc2)cc1. The minimum Gasteiger partial charge on any atom is -0.320 e. The van der Waals surface area contributed by atoms with E-state index in [1.54, 1.807) is 12.7 Å². The fourth-order valence-electron chi connectivity index (χ4n) is 1.45. The molecule has 3 heteroatoms. The summed E-state index contributed by atoms with van der Waals surface area (Å²) < 4.78 is 2.00. The second kappa shape index (κ2) is 4.56. The van der Waals surface area contributed by atoms with E-state index in [0.29, 0.717) is 0 Å². The molecule has 1 heterocycles. The van der Waals surface area contributed by atoms with E-state index in [4.69, 9.17) is 0 Å². The van der Waals surface area contributed by atoms with Crippen LogP contribution in [0.25, 0.3) is 0 Å². The van der Waals surface area contributed by atoms with Crippen molar-refractivity contribution in [3.05, 3.63) is 48.5 Å². The topological polar surface area (TPSA) is 30.7 Å². The first-order valence-electron chi connectivity index (χ1n) is 4.81. The maximum absolute atomic E-state index is 3.76. The van der Waals surface area contributed by atoms with Gasteiger partial charge in [0.1, 0.15) is 12.7 Å². The number of hydrogen-bond donors (Lipinski definition) is 0. The molecule has 1 aromatic heterocycles. The Morgan fingerprint density at radius 2 is 1.71 bits per heavy atom. The molecule has 0 fully saturated rings. The molecule has 0 saturated heterocycles. The highest BCUT2D eigenvalue weighted by molar-refractivity contribution is 5.14. The third-order valence-electron chi connectivity index (χ3n) is 2.19. The van der Waals surface area contributed by atoms with Gasteiger partial charge in [-0.1, -0.05) is 30.3 Å². The second-order valence-corrected chi connectivity index (χ2v) is 3.29. The quantitative estimate of drug-likeness (QED) is 0.732. The van der Waals surface area contributed by atoms with Gasteiger partial charge in [0.2, 0.25) is 0 Å². The molecule has 0 aliphatic carbocycles. The first-order chi connectivity index (χ1) is 6.95. The number of rotatable bonds is 4. The van der Waals surface area contributed by atoms with Crippen LogP contribution in [0.4, 0.5) is 0 Å². The summed E-state index contributed by atoms with van der Waals surface area (Å²) >= 11 is 0. The smallest absolute Gasteiger partial charge is 0.119 e. The molecule has 3 nitrogen and oxygen atoms in total. The lowest BCUT2D eigenvalue weighted by atomic mass is 10.1. The van der Waals surface area contributed by atoms with Gasteiger partial charge in [0.15, 0.2) is 0 Å². The molecule has 0 N–H and O–H groups in total. The number of aryl methyl sites for hydroxylation is 2. The van der Waals surface area contributed by atoms with E-state index in [1.165, 1.54) is 5.56 Å². The summed E-state index contributed by atoms with van der Waals surface area (Å²) in [6, 6.07) is 10.5. The largest absolute Gasteiger partial charge is 0.320 e. The standard InChI is InChI=1S/C11H13N3/c1-2-5-11(6-3-1)7-4-8-14-9-12-13-10-14/h1-3,5-6,9-10H,4,7-8H2. The molecule has 0 spiro atoms. The molecule has 0 aliphatic rings. The average Bonchev–Trinajstić information content (AvgIpc) is 2.72. The van der Waals surface area contributed by atoms with Crippen LogP contribution in [0, 0.1) is 0 Å². The maximum atomic E-state index is 3.76. The number of hydrogen-bond acceptors (Lipinski definition) is 2. The maximum Gasteiger partial charge on any atom is 0.119 e. The fraction of sp³-hybridized carbons (Fsp3) is 0.273. The van der Waals surface area contributed by atoms with Crippen molar-refractivity contribution in [1.82, 2.24) is 14.8 Å². The van der Waals surface area contributed by atoms with Gasteiger partial charge in [-0.15, -0.1) is 10.2 Å². The first-order valence-corrected chi connectivity index (χ1v) is 4.81. The molecule has 1 aromatic carbocycles. The van der Waals surface area contributed by atoms with Crippen molar-refractivity contribution in [1.29, 1.82) is 0 Å². The molecule has 0 bridgehead atoms. The van der Waals surface area contributed by atoms with Crippen LogP contribution in [-0.2, 0) is 13.0 Å². The number of nitrogens with zero attached hydrogens (tertiary/aromatic N) is 3. The Morgan fingerprint density at radius 3 is 2.43 bits per heavy atom. The van der Waals surface area contributed by atoms with Gasteiger partial charge in [-0.3, -0.25) is 0 Å². The van der Waals surface area contributed by atoms with Crippen molar-refractivity contribution >= 4 is 0 Å². The van der Waals surface area contributed by atoms with Crippen molar-refractivity contribution in [3.8, 4) is 0 Å². The third-order valence-corrected chi connectivity index (χ3v) is 2.19. The van der Waals surface area contributed by atoms with Gasteiger partial charge in [-0.25, -0.2) is 0 Å². The molecule has 0 amide bonds. The molecule has 2 aromatic rings. The predicted molar refractivity (Wildman–Crippen MR) is 54.8 cm³/mol. The molecule has 72 valence electrons. The zero-order chi connectivity index (χ0) is 9.64. The molecule has 0 radical (unpaired) electrons. The van der Waals surface area contributed by atoms with Gasteiger partial charge in [0.25, 0.3) is 0 Å². The molecule has 14 heavy (non-hydrogen) atoms. The summed E-state index contributed by atoms with van der Waals surface area (Å²) in [5, 5.41) is 7.52. The molecule has 0 aliphatic heterocycles. The van der Waals surface area contributed by atoms with Crippen molar-refractivity contribution in [2.45, 2.75) is 19.4 Å². The normalized spacial score (nSPS) is 10.3. The summed E-state index contributed by atoms with van der Waals surface area (Å²) in [6.07, 6.45) is 5.75. The Balaban J connectivity index is 1.79. The van der Waals surface area contributed by atoms with Crippen LogP contribution in [0.1, 0.15) is 12.0 Å².